The van der Waals surface area contributed by atoms with Gasteiger partial charge in [0.25, 0.3) is 0 Å². The second kappa shape index (κ2) is 7.09. The summed E-state index contributed by atoms with van der Waals surface area (Å²) in [6, 6.07) is 12.5. The van der Waals surface area contributed by atoms with Gasteiger partial charge < -0.3 is 9.52 Å². The number of nitrogens with one attached hydrogen (secondary N) is 1. The van der Waals surface area contributed by atoms with Crippen LogP contribution in [0.25, 0.3) is 0 Å². The van der Waals surface area contributed by atoms with Crippen LogP contribution in [0.5, 0.6) is 0 Å². The molecule has 21 heavy (non-hydrogen) atoms. The Labute approximate surface area is 124 Å². The molecule has 2 rings (SSSR count). The monoisotopic (exact) mass is 287 g/mol. The molecule has 2 N–H and O–H groups in total. The fourth-order valence-corrected chi connectivity index (χ4v) is 2.36. The number of furan rings is 1. The van der Waals surface area contributed by atoms with Gasteiger partial charge >= 0.3 is 5.97 Å². The highest BCUT2D eigenvalue weighted by Gasteiger charge is 2.25. The van der Waals surface area contributed by atoms with Gasteiger partial charge in [-0.1, -0.05) is 44.2 Å². The molecule has 0 bridgehead atoms. The summed E-state index contributed by atoms with van der Waals surface area (Å²) in [5.41, 5.74) is 0.988. The number of hydrogen-bond donors (Lipinski definition) is 2. The largest absolute Gasteiger partial charge is 0.480 e. The van der Waals surface area contributed by atoms with E-state index < -0.39 is 12.0 Å². The highest BCUT2D eigenvalue weighted by atomic mass is 16.4. The fourth-order valence-electron chi connectivity index (χ4n) is 2.36. The van der Waals surface area contributed by atoms with E-state index in [1.165, 1.54) is 0 Å². The van der Waals surface area contributed by atoms with Crippen molar-refractivity contribution in [2.24, 2.45) is 5.92 Å². The van der Waals surface area contributed by atoms with Crippen molar-refractivity contribution < 1.29 is 14.3 Å². The van der Waals surface area contributed by atoms with Crippen molar-refractivity contribution in [1.29, 1.82) is 0 Å². The maximum absolute atomic E-state index is 11.5. The van der Waals surface area contributed by atoms with Crippen molar-refractivity contribution in [3.63, 3.8) is 0 Å². The standard InChI is InChI=1S/C17H21NO3/c1-12(2)11-14(17(19)20)18-16(15-9-6-10-21-15)13-7-4-3-5-8-13/h3-10,12,14,16,18H,11H2,1-2H3,(H,19,20). The minimum Gasteiger partial charge on any atom is -0.480 e. The molecule has 0 aliphatic rings. The smallest absolute Gasteiger partial charge is 0.320 e. The van der Waals surface area contributed by atoms with Crippen LogP contribution in [0, 0.1) is 5.92 Å². The Morgan fingerprint density at radius 2 is 1.90 bits per heavy atom. The molecule has 2 aromatic rings. The van der Waals surface area contributed by atoms with Crippen LogP contribution < -0.4 is 5.32 Å². The van der Waals surface area contributed by atoms with Gasteiger partial charge in [0.05, 0.1) is 12.3 Å². The van der Waals surface area contributed by atoms with E-state index in [-0.39, 0.29) is 6.04 Å². The van der Waals surface area contributed by atoms with Gasteiger partial charge in [0, 0.05) is 0 Å². The molecular formula is C17H21NO3. The second-order valence-corrected chi connectivity index (χ2v) is 5.55. The Bertz CT molecular complexity index is 549. The molecule has 1 heterocycles. The molecule has 0 radical (unpaired) electrons. The molecular weight excluding hydrogens is 266 g/mol. The molecule has 112 valence electrons. The first-order chi connectivity index (χ1) is 10.1. The summed E-state index contributed by atoms with van der Waals surface area (Å²) < 4.78 is 5.48. The average molecular weight is 287 g/mol. The van der Waals surface area contributed by atoms with Crippen LogP contribution in [0.2, 0.25) is 0 Å². The number of carboxylic acids is 1. The van der Waals surface area contributed by atoms with Crippen molar-refractivity contribution in [2.75, 3.05) is 0 Å². The first-order valence-electron chi connectivity index (χ1n) is 7.15. The van der Waals surface area contributed by atoms with Crippen LogP contribution in [0.4, 0.5) is 0 Å². The zero-order valence-corrected chi connectivity index (χ0v) is 12.3. The summed E-state index contributed by atoms with van der Waals surface area (Å²) >= 11 is 0. The Morgan fingerprint density at radius 1 is 1.19 bits per heavy atom. The van der Waals surface area contributed by atoms with Gasteiger partial charge in [0.1, 0.15) is 11.8 Å². The first-order valence-corrected chi connectivity index (χ1v) is 7.15. The topological polar surface area (TPSA) is 62.5 Å². The van der Waals surface area contributed by atoms with Gasteiger partial charge in [-0.15, -0.1) is 0 Å². The number of rotatable bonds is 7. The number of carbonyl (C=O) groups is 1. The Kier molecular flexibility index (Phi) is 5.17. The molecule has 2 unspecified atom stereocenters. The van der Waals surface area contributed by atoms with Gasteiger partial charge in [-0.2, -0.15) is 0 Å². The van der Waals surface area contributed by atoms with E-state index in [9.17, 15) is 9.90 Å². The van der Waals surface area contributed by atoms with Gasteiger partial charge in [-0.25, -0.2) is 0 Å². The van der Waals surface area contributed by atoms with Crippen LogP contribution in [0.3, 0.4) is 0 Å². The van der Waals surface area contributed by atoms with E-state index in [2.05, 4.69) is 5.32 Å². The van der Waals surface area contributed by atoms with Gasteiger partial charge in [0.2, 0.25) is 0 Å². The average Bonchev–Trinajstić information content (AvgIpc) is 2.97. The van der Waals surface area contributed by atoms with Crippen molar-refractivity contribution in [1.82, 2.24) is 5.32 Å². The van der Waals surface area contributed by atoms with Crippen LogP contribution in [-0.2, 0) is 4.79 Å². The minimum atomic E-state index is -0.837. The molecule has 0 amide bonds. The lowest BCUT2D eigenvalue weighted by Crippen LogP contribution is -2.40. The van der Waals surface area contributed by atoms with E-state index in [0.717, 1.165) is 11.3 Å². The summed E-state index contributed by atoms with van der Waals surface area (Å²) in [6.45, 7) is 4.03. The van der Waals surface area contributed by atoms with Crippen molar-refractivity contribution in [2.45, 2.75) is 32.4 Å². The summed E-state index contributed by atoms with van der Waals surface area (Å²) in [5.74, 6) is 0.180. The zero-order chi connectivity index (χ0) is 15.2. The lowest BCUT2D eigenvalue weighted by Gasteiger charge is -2.23. The van der Waals surface area contributed by atoms with Crippen molar-refractivity contribution in [3.8, 4) is 0 Å². The van der Waals surface area contributed by atoms with E-state index in [4.69, 9.17) is 4.42 Å². The summed E-state index contributed by atoms with van der Waals surface area (Å²) in [4.78, 5) is 11.5. The second-order valence-electron chi connectivity index (χ2n) is 5.55. The molecule has 0 aliphatic carbocycles. The number of hydrogen-bond acceptors (Lipinski definition) is 3. The number of carboxylic acid groups (broad SMARTS) is 1. The molecule has 1 aromatic heterocycles. The SMILES string of the molecule is CC(C)CC(NC(c1ccccc1)c1ccco1)C(=O)O. The lowest BCUT2D eigenvalue weighted by molar-refractivity contribution is -0.140. The molecule has 0 fully saturated rings. The molecule has 4 nitrogen and oxygen atoms in total. The molecule has 2 atom stereocenters. The first kappa shape index (κ1) is 15.3. The van der Waals surface area contributed by atoms with Gasteiger partial charge in [-0.05, 0) is 30.0 Å². The van der Waals surface area contributed by atoms with Gasteiger partial charge in [-0.3, -0.25) is 10.1 Å². The predicted octanol–water partition coefficient (Wildman–Crippen LogP) is 3.46. The zero-order valence-electron chi connectivity index (χ0n) is 12.3. The fraction of sp³-hybridized carbons (Fsp3) is 0.353. The normalized spacial score (nSPS) is 14.0. The van der Waals surface area contributed by atoms with E-state index in [1.54, 1.807) is 6.26 Å². The van der Waals surface area contributed by atoms with E-state index in [0.29, 0.717) is 12.3 Å². The molecule has 1 aromatic carbocycles. The molecule has 0 saturated heterocycles. The highest BCUT2D eigenvalue weighted by Crippen LogP contribution is 2.24. The van der Waals surface area contributed by atoms with Gasteiger partial charge in [0.15, 0.2) is 0 Å². The Morgan fingerprint density at radius 3 is 2.43 bits per heavy atom. The van der Waals surface area contributed by atoms with Crippen LogP contribution in [0.1, 0.15) is 37.6 Å². The van der Waals surface area contributed by atoms with Crippen molar-refractivity contribution >= 4 is 5.97 Å². The third-order valence-corrected chi connectivity index (χ3v) is 3.33. The summed E-state index contributed by atoms with van der Waals surface area (Å²) in [6.07, 6.45) is 2.17. The Balaban J connectivity index is 2.26. The quantitative estimate of drug-likeness (QED) is 0.818. The van der Waals surface area contributed by atoms with E-state index in [1.807, 2.05) is 56.3 Å². The van der Waals surface area contributed by atoms with Crippen molar-refractivity contribution in [3.05, 3.63) is 60.1 Å². The molecule has 4 heteroatoms. The maximum atomic E-state index is 11.5. The summed E-state index contributed by atoms with van der Waals surface area (Å²) in [5, 5.41) is 12.6. The third kappa shape index (κ3) is 4.20. The van der Waals surface area contributed by atoms with Crippen LogP contribution in [-0.4, -0.2) is 17.1 Å². The van der Waals surface area contributed by atoms with Crippen LogP contribution >= 0.6 is 0 Å². The summed E-state index contributed by atoms with van der Waals surface area (Å²) in [7, 11) is 0. The molecule has 0 aliphatic heterocycles. The third-order valence-electron chi connectivity index (χ3n) is 3.33. The Hall–Kier alpha value is -2.07. The van der Waals surface area contributed by atoms with Crippen LogP contribution in [0.15, 0.2) is 53.1 Å². The van der Waals surface area contributed by atoms with E-state index >= 15 is 0 Å². The lowest BCUT2D eigenvalue weighted by atomic mass is 9.99. The number of aliphatic carboxylic acids is 1. The molecule has 0 saturated carbocycles. The highest BCUT2D eigenvalue weighted by molar-refractivity contribution is 5.73. The predicted molar refractivity (Wildman–Crippen MR) is 81.0 cm³/mol. The minimum absolute atomic E-state index is 0.263. The maximum Gasteiger partial charge on any atom is 0.320 e. The molecule has 0 spiro atoms. The number of benzene rings is 1.